The molecule has 30 heavy (non-hydrogen) atoms. The predicted molar refractivity (Wildman–Crippen MR) is 118 cm³/mol. The lowest BCUT2D eigenvalue weighted by Crippen LogP contribution is -2.16. The minimum atomic E-state index is -0.271. The number of ether oxygens (including phenoxy) is 2. The van der Waals surface area contributed by atoms with E-state index in [9.17, 15) is 4.79 Å². The molecule has 2 heterocycles. The summed E-state index contributed by atoms with van der Waals surface area (Å²) >= 11 is 1.38. The molecule has 0 radical (unpaired) electrons. The Kier molecular flexibility index (Phi) is 5.49. The number of carbonyl (C=O) groups is 1. The van der Waals surface area contributed by atoms with Crippen molar-refractivity contribution in [3.05, 3.63) is 70.7 Å². The minimum Gasteiger partial charge on any atom is -0.493 e. The van der Waals surface area contributed by atoms with Crippen LogP contribution in [0.4, 0.5) is 0 Å². The van der Waals surface area contributed by atoms with E-state index < -0.39 is 0 Å². The van der Waals surface area contributed by atoms with Crippen molar-refractivity contribution in [3.63, 3.8) is 0 Å². The number of hydrazone groups is 1. The minimum absolute atomic E-state index is 0.271. The van der Waals surface area contributed by atoms with Gasteiger partial charge in [0.2, 0.25) is 0 Å². The van der Waals surface area contributed by atoms with Crippen LogP contribution in [0.25, 0.3) is 15.9 Å². The summed E-state index contributed by atoms with van der Waals surface area (Å²) in [6, 6.07) is 17.1. The van der Waals surface area contributed by atoms with Crippen molar-refractivity contribution in [2.24, 2.45) is 5.10 Å². The second-order valence-electron chi connectivity index (χ2n) is 6.48. The molecule has 0 saturated heterocycles. The van der Waals surface area contributed by atoms with Crippen molar-refractivity contribution in [1.29, 1.82) is 0 Å². The van der Waals surface area contributed by atoms with Crippen LogP contribution in [0.15, 0.2) is 59.7 Å². The molecule has 0 saturated carbocycles. The van der Waals surface area contributed by atoms with E-state index in [4.69, 9.17) is 9.47 Å². The number of amides is 1. The van der Waals surface area contributed by atoms with Crippen molar-refractivity contribution in [1.82, 2.24) is 15.2 Å². The van der Waals surface area contributed by atoms with Crippen LogP contribution in [0.3, 0.4) is 0 Å². The van der Waals surface area contributed by atoms with Crippen molar-refractivity contribution < 1.29 is 14.3 Å². The third-order valence-corrected chi connectivity index (χ3v) is 5.67. The third-order valence-electron chi connectivity index (χ3n) is 4.56. The van der Waals surface area contributed by atoms with Crippen molar-refractivity contribution in [2.75, 3.05) is 14.2 Å². The number of methoxy groups -OCH3 is 2. The number of nitrogens with one attached hydrogen (secondary N) is 1. The lowest BCUT2D eigenvalue weighted by atomic mass is 10.2. The zero-order valence-corrected chi connectivity index (χ0v) is 17.6. The van der Waals surface area contributed by atoms with Gasteiger partial charge in [0.05, 0.1) is 36.7 Å². The maximum absolute atomic E-state index is 12.6. The Labute approximate surface area is 177 Å². The van der Waals surface area contributed by atoms with Gasteiger partial charge in [0, 0.05) is 5.39 Å². The van der Waals surface area contributed by atoms with Crippen LogP contribution < -0.4 is 14.9 Å². The second kappa shape index (κ2) is 8.38. The fourth-order valence-corrected chi connectivity index (χ4v) is 4.13. The monoisotopic (exact) mass is 420 g/mol. The summed E-state index contributed by atoms with van der Waals surface area (Å²) in [6.07, 6.45) is 1.56. The van der Waals surface area contributed by atoms with Gasteiger partial charge in [-0.2, -0.15) is 10.2 Å². The van der Waals surface area contributed by atoms with E-state index in [0.29, 0.717) is 16.4 Å². The van der Waals surface area contributed by atoms with Crippen LogP contribution in [-0.4, -0.2) is 36.1 Å². The number of para-hydroxylation sites is 1. The summed E-state index contributed by atoms with van der Waals surface area (Å²) < 4.78 is 12.4. The van der Waals surface area contributed by atoms with Gasteiger partial charge in [0.1, 0.15) is 4.83 Å². The number of hydrogen-bond acceptors (Lipinski definition) is 6. The number of rotatable bonds is 6. The smallest absolute Gasteiger partial charge is 0.281 e. The number of nitrogens with zero attached hydrogens (tertiary/aromatic N) is 3. The Morgan fingerprint density at radius 1 is 1.10 bits per heavy atom. The Morgan fingerprint density at radius 3 is 2.60 bits per heavy atom. The molecule has 0 aliphatic carbocycles. The average molecular weight is 420 g/mol. The molecular weight excluding hydrogens is 400 g/mol. The summed E-state index contributed by atoms with van der Waals surface area (Å²) in [4.78, 5) is 14.1. The highest BCUT2D eigenvalue weighted by atomic mass is 32.1. The fraction of sp³-hybridized carbons (Fsp3) is 0.136. The van der Waals surface area contributed by atoms with Crippen molar-refractivity contribution in [3.8, 4) is 17.2 Å². The molecule has 4 rings (SSSR count). The predicted octanol–water partition coefficient (Wildman–Crippen LogP) is 4.18. The number of hydrogen-bond donors (Lipinski definition) is 1. The molecule has 0 aliphatic heterocycles. The molecule has 0 bridgehead atoms. The molecule has 152 valence electrons. The summed E-state index contributed by atoms with van der Waals surface area (Å²) in [7, 11) is 3.15. The van der Waals surface area contributed by atoms with E-state index in [1.807, 2.05) is 54.1 Å². The van der Waals surface area contributed by atoms with Crippen LogP contribution in [-0.2, 0) is 0 Å². The Morgan fingerprint density at radius 2 is 1.87 bits per heavy atom. The fourth-order valence-electron chi connectivity index (χ4n) is 3.06. The summed E-state index contributed by atoms with van der Waals surface area (Å²) in [5.41, 5.74) is 5.19. The zero-order chi connectivity index (χ0) is 21.1. The van der Waals surface area contributed by atoms with E-state index in [2.05, 4.69) is 15.6 Å². The van der Waals surface area contributed by atoms with Crippen molar-refractivity contribution in [2.45, 2.75) is 6.92 Å². The van der Waals surface area contributed by atoms with Crippen molar-refractivity contribution >= 4 is 33.7 Å². The first-order valence-electron chi connectivity index (χ1n) is 9.20. The Balaban J connectivity index is 1.53. The molecule has 2 aromatic carbocycles. The standard InChI is InChI=1S/C22H20N4O3S/c1-14-17-12-20(30-22(17)26(25-14)16-7-5-4-6-8-16)21(27)24-23-13-15-9-10-18(28-2)19(11-15)29-3/h4-13H,1-3H3,(H,24,27)/b23-13+. The molecule has 0 spiro atoms. The topological polar surface area (TPSA) is 77.7 Å². The van der Waals surface area contributed by atoms with Gasteiger partial charge in [-0.25, -0.2) is 10.1 Å². The summed E-state index contributed by atoms with van der Waals surface area (Å²) in [6.45, 7) is 1.94. The molecule has 2 aromatic heterocycles. The molecule has 0 aliphatic rings. The molecule has 1 N–H and O–H groups in total. The van der Waals surface area contributed by atoms with Gasteiger partial charge in [-0.1, -0.05) is 18.2 Å². The molecule has 0 unspecified atom stereocenters. The third kappa shape index (κ3) is 3.77. The molecule has 0 atom stereocenters. The van der Waals surface area contributed by atoms with Crippen LogP contribution in [0, 0.1) is 6.92 Å². The van der Waals surface area contributed by atoms with E-state index in [0.717, 1.165) is 27.2 Å². The zero-order valence-electron chi connectivity index (χ0n) is 16.7. The van der Waals surface area contributed by atoms with Gasteiger partial charge in [0.15, 0.2) is 11.5 Å². The molecule has 4 aromatic rings. The lowest BCUT2D eigenvalue weighted by molar-refractivity contribution is 0.0959. The molecular formula is C22H20N4O3S. The van der Waals surface area contributed by atoms with E-state index >= 15 is 0 Å². The first-order valence-corrected chi connectivity index (χ1v) is 10.0. The lowest BCUT2D eigenvalue weighted by Gasteiger charge is -2.07. The summed E-state index contributed by atoms with van der Waals surface area (Å²) in [5, 5.41) is 9.62. The molecule has 1 amide bonds. The Bertz CT molecular complexity index is 1230. The van der Waals surface area contributed by atoms with Crippen LogP contribution in [0.1, 0.15) is 20.9 Å². The van der Waals surface area contributed by atoms with Crippen LogP contribution in [0.2, 0.25) is 0 Å². The number of carbonyl (C=O) groups excluding carboxylic acids is 1. The maximum atomic E-state index is 12.6. The van der Waals surface area contributed by atoms with E-state index in [1.165, 1.54) is 11.3 Å². The molecule has 7 nitrogen and oxygen atoms in total. The number of aromatic nitrogens is 2. The SMILES string of the molecule is COc1ccc(/C=N/NC(=O)c2cc3c(C)nn(-c4ccccc4)c3s2)cc1OC. The number of thiophene rings is 1. The highest BCUT2D eigenvalue weighted by molar-refractivity contribution is 7.20. The largest absolute Gasteiger partial charge is 0.493 e. The average Bonchev–Trinajstić information content (AvgIpc) is 3.35. The Hall–Kier alpha value is -3.65. The van der Waals surface area contributed by atoms with Gasteiger partial charge in [0.25, 0.3) is 5.91 Å². The number of benzene rings is 2. The first kappa shape index (κ1) is 19.7. The van der Waals surface area contributed by atoms with Gasteiger partial charge < -0.3 is 9.47 Å². The van der Waals surface area contributed by atoms with Gasteiger partial charge in [-0.05, 0) is 48.9 Å². The van der Waals surface area contributed by atoms with Gasteiger partial charge in [-0.3, -0.25) is 4.79 Å². The quantitative estimate of drug-likeness (QED) is 0.375. The van der Waals surface area contributed by atoms with E-state index in [1.54, 1.807) is 32.6 Å². The van der Waals surface area contributed by atoms with Gasteiger partial charge >= 0.3 is 0 Å². The second-order valence-corrected chi connectivity index (χ2v) is 7.51. The van der Waals surface area contributed by atoms with Crippen LogP contribution in [0.5, 0.6) is 11.5 Å². The maximum Gasteiger partial charge on any atom is 0.281 e. The highest BCUT2D eigenvalue weighted by Gasteiger charge is 2.16. The number of aryl methyl sites for hydroxylation is 1. The highest BCUT2D eigenvalue weighted by Crippen LogP contribution is 2.30. The summed E-state index contributed by atoms with van der Waals surface area (Å²) in [5.74, 6) is 0.956. The molecule has 0 fully saturated rings. The van der Waals surface area contributed by atoms with Gasteiger partial charge in [-0.15, -0.1) is 11.3 Å². The first-order chi connectivity index (χ1) is 14.6. The van der Waals surface area contributed by atoms with E-state index in [-0.39, 0.29) is 5.91 Å². The van der Waals surface area contributed by atoms with Crippen LogP contribution >= 0.6 is 11.3 Å². The normalized spacial score (nSPS) is 11.2. The number of fused-ring (bicyclic) bond motifs is 1. The molecule has 8 heteroatoms.